The van der Waals surface area contributed by atoms with Crippen molar-refractivity contribution in [3.63, 3.8) is 0 Å². The number of carbonyl (C=O) groups is 1. The summed E-state index contributed by atoms with van der Waals surface area (Å²) in [6.45, 7) is 4.40. The molecular weight excluding hydrogens is 460 g/mol. The van der Waals surface area contributed by atoms with E-state index in [1.807, 2.05) is 0 Å². The van der Waals surface area contributed by atoms with Crippen LogP contribution in [0.5, 0.6) is 11.5 Å². The number of rotatable bonds is 9. The summed E-state index contributed by atoms with van der Waals surface area (Å²) < 4.78 is 30.9. The Morgan fingerprint density at radius 2 is 1.88 bits per heavy atom. The highest BCUT2D eigenvalue weighted by molar-refractivity contribution is 6.39. The number of allylic oxidation sites excluding steroid dienone is 1. The van der Waals surface area contributed by atoms with E-state index in [0.717, 1.165) is 0 Å². The highest BCUT2D eigenvalue weighted by atomic mass is 35.5. The van der Waals surface area contributed by atoms with Gasteiger partial charge in [0.15, 0.2) is 5.78 Å². The summed E-state index contributed by atoms with van der Waals surface area (Å²) in [4.78, 5) is 20.1. The Morgan fingerprint density at radius 3 is 2.44 bits per heavy atom. The number of carbonyl (C=O) groups excluding carboxylic acids is 1. The minimum absolute atomic E-state index is 0.00607. The molecule has 1 aromatic heterocycles. The summed E-state index contributed by atoms with van der Waals surface area (Å²) in [5.74, 6) is 0.0436. The molecule has 1 saturated heterocycles. The molecule has 2 atom stereocenters. The van der Waals surface area contributed by atoms with E-state index >= 15 is 4.39 Å². The molecule has 0 radical (unpaired) electrons. The molecule has 32 heavy (non-hydrogen) atoms. The summed E-state index contributed by atoms with van der Waals surface area (Å²) in [5.41, 5.74) is 0.340. The van der Waals surface area contributed by atoms with Gasteiger partial charge in [-0.05, 0) is 12.2 Å². The van der Waals surface area contributed by atoms with Crippen molar-refractivity contribution in [1.82, 2.24) is 9.97 Å². The van der Waals surface area contributed by atoms with Crippen LogP contribution in [0.3, 0.4) is 0 Å². The van der Waals surface area contributed by atoms with E-state index in [1.54, 1.807) is 0 Å². The van der Waals surface area contributed by atoms with Crippen molar-refractivity contribution in [2.24, 2.45) is 5.92 Å². The number of ketones is 1. The summed E-state index contributed by atoms with van der Waals surface area (Å²) in [6, 6.07) is 1.37. The molecule has 1 N–H and O–H groups in total. The van der Waals surface area contributed by atoms with Crippen LogP contribution < -0.4 is 14.8 Å². The quantitative estimate of drug-likeness (QED) is 0.512. The van der Waals surface area contributed by atoms with Gasteiger partial charge in [0.05, 0.1) is 49.1 Å². The molecular formula is C22H22Cl2FN3O4. The highest BCUT2D eigenvalue weighted by Crippen LogP contribution is 2.44. The largest absolute Gasteiger partial charge is 0.495 e. The number of nitrogens with zero attached hydrogens (tertiary/aromatic N) is 2. The maximum Gasteiger partial charge on any atom is 0.222 e. The third-order valence-corrected chi connectivity index (χ3v) is 5.73. The highest BCUT2D eigenvalue weighted by Gasteiger charge is 2.30. The molecule has 1 aliphatic heterocycles. The molecule has 1 aromatic carbocycles. The lowest BCUT2D eigenvalue weighted by molar-refractivity contribution is -0.115. The topological polar surface area (TPSA) is 82.6 Å². The lowest BCUT2D eigenvalue weighted by Gasteiger charge is -2.17. The first-order chi connectivity index (χ1) is 15.4. The Morgan fingerprint density at radius 1 is 1.25 bits per heavy atom. The normalized spacial score (nSPS) is 18.3. The molecule has 0 saturated carbocycles. The van der Waals surface area contributed by atoms with E-state index in [0.29, 0.717) is 31.1 Å². The third-order valence-electron chi connectivity index (χ3n) is 4.98. The Hall–Kier alpha value is -2.68. The van der Waals surface area contributed by atoms with Crippen molar-refractivity contribution in [3.05, 3.63) is 52.3 Å². The first-order valence-corrected chi connectivity index (χ1v) is 10.4. The van der Waals surface area contributed by atoms with E-state index in [-0.39, 0.29) is 44.9 Å². The first-order valence-electron chi connectivity index (χ1n) is 9.67. The van der Waals surface area contributed by atoms with Crippen LogP contribution in [0.2, 0.25) is 10.0 Å². The number of hydrogen-bond acceptors (Lipinski definition) is 7. The summed E-state index contributed by atoms with van der Waals surface area (Å²) in [7, 11) is 2.82. The standard InChI is InChI=1S/C22H22Cl2FN3O4/c1-4-14(29)6-13-10-32-11-16(13)28-22-26-8-12(9-27-22)5-15(25)19-20(23)17(30-2)7-18(31-3)21(19)24/h4-5,7-9,13,16H,1,6,10-11H2,2-3H3,(H,26,27,28)/b15-5-/t13-,16+/m0/s1. The first kappa shape index (κ1) is 24.0. The van der Waals surface area contributed by atoms with Crippen LogP contribution in [0.15, 0.2) is 31.1 Å². The number of aromatic nitrogens is 2. The van der Waals surface area contributed by atoms with Crippen LogP contribution in [-0.2, 0) is 9.53 Å². The van der Waals surface area contributed by atoms with E-state index < -0.39 is 5.83 Å². The molecule has 2 heterocycles. The Kier molecular flexibility index (Phi) is 8.06. The Balaban J connectivity index is 1.78. The minimum atomic E-state index is -0.700. The number of benzene rings is 1. The maximum atomic E-state index is 15.1. The smallest absolute Gasteiger partial charge is 0.222 e. The van der Waals surface area contributed by atoms with Crippen molar-refractivity contribution in [3.8, 4) is 11.5 Å². The summed E-state index contributed by atoms with van der Waals surface area (Å²) in [5, 5.41) is 3.20. The van der Waals surface area contributed by atoms with E-state index in [4.69, 9.17) is 37.4 Å². The molecule has 0 unspecified atom stereocenters. The van der Waals surface area contributed by atoms with Crippen molar-refractivity contribution < 1.29 is 23.4 Å². The molecule has 10 heteroatoms. The van der Waals surface area contributed by atoms with E-state index in [2.05, 4.69) is 21.9 Å². The Labute approximate surface area is 195 Å². The number of ether oxygens (including phenoxy) is 3. The van der Waals surface area contributed by atoms with Gasteiger partial charge in [0.2, 0.25) is 5.95 Å². The van der Waals surface area contributed by atoms with Crippen LogP contribution in [-0.4, -0.2) is 49.2 Å². The van der Waals surface area contributed by atoms with E-state index in [1.165, 1.54) is 44.8 Å². The lowest BCUT2D eigenvalue weighted by Crippen LogP contribution is -2.30. The minimum Gasteiger partial charge on any atom is -0.495 e. The maximum absolute atomic E-state index is 15.1. The molecule has 1 aliphatic rings. The molecule has 3 rings (SSSR count). The second kappa shape index (κ2) is 10.8. The fourth-order valence-electron chi connectivity index (χ4n) is 3.27. The van der Waals surface area contributed by atoms with Crippen LogP contribution in [0, 0.1) is 5.92 Å². The molecule has 0 bridgehead atoms. The van der Waals surface area contributed by atoms with Gasteiger partial charge in [-0.1, -0.05) is 29.8 Å². The van der Waals surface area contributed by atoms with Crippen LogP contribution in [0.1, 0.15) is 17.5 Å². The van der Waals surface area contributed by atoms with Crippen LogP contribution in [0.4, 0.5) is 10.3 Å². The van der Waals surface area contributed by atoms with Crippen LogP contribution in [0.25, 0.3) is 11.9 Å². The van der Waals surface area contributed by atoms with Gasteiger partial charge in [0.1, 0.15) is 17.3 Å². The second-order valence-electron chi connectivity index (χ2n) is 7.04. The molecule has 2 aromatic rings. The zero-order chi connectivity index (χ0) is 23.3. The Bertz CT molecular complexity index is 1000. The number of halogens is 3. The number of anilines is 1. The number of methoxy groups -OCH3 is 2. The fourth-order valence-corrected chi connectivity index (χ4v) is 3.95. The molecule has 170 valence electrons. The summed E-state index contributed by atoms with van der Waals surface area (Å²) in [6.07, 6.45) is 5.75. The third kappa shape index (κ3) is 5.38. The average molecular weight is 482 g/mol. The lowest BCUT2D eigenvalue weighted by atomic mass is 9.97. The molecule has 0 spiro atoms. The summed E-state index contributed by atoms with van der Waals surface area (Å²) >= 11 is 12.5. The van der Waals surface area contributed by atoms with Gasteiger partial charge in [-0.15, -0.1) is 0 Å². The van der Waals surface area contributed by atoms with Crippen molar-refractivity contribution in [2.75, 3.05) is 32.8 Å². The van der Waals surface area contributed by atoms with Crippen LogP contribution >= 0.6 is 23.2 Å². The van der Waals surface area contributed by atoms with Gasteiger partial charge >= 0.3 is 0 Å². The monoisotopic (exact) mass is 481 g/mol. The van der Waals surface area contributed by atoms with E-state index in [9.17, 15) is 4.79 Å². The predicted octanol–water partition coefficient (Wildman–Crippen LogP) is 4.84. The van der Waals surface area contributed by atoms with Gasteiger partial charge in [-0.25, -0.2) is 14.4 Å². The average Bonchev–Trinajstić information content (AvgIpc) is 3.21. The fraction of sp³-hybridized carbons (Fsp3) is 0.318. The zero-order valence-electron chi connectivity index (χ0n) is 17.5. The molecule has 0 amide bonds. The SMILES string of the molecule is C=CC(=O)C[C@H]1COC[C@H]1Nc1ncc(/C=C(\F)c2c(Cl)c(OC)cc(OC)c2Cl)cn1. The van der Waals surface area contributed by atoms with Gasteiger partial charge < -0.3 is 19.5 Å². The van der Waals surface area contributed by atoms with Gasteiger partial charge in [-0.3, -0.25) is 4.79 Å². The molecule has 7 nitrogen and oxygen atoms in total. The molecule has 1 fully saturated rings. The number of hydrogen-bond donors (Lipinski definition) is 1. The van der Waals surface area contributed by atoms with Crippen molar-refractivity contribution in [2.45, 2.75) is 12.5 Å². The van der Waals surface area contributed by atoms with Crippen molar-refractivity contribution in [1.29, 1.82) is 0 Å². The van der Waals surface area contributed by atoms with Gasteiger partial charge in [0, 0.05) is 36.4 Å². The van der Waals surface area contributed by atoms with Gasteiger partial charge in [-0.2, -0.15) is 0 Å². The predicted molar refractivity (Wildman–Crippen MR) is 122 cm³/mol. The van der Waals surface area contributed by atoms with Crippen molar-refractivity contribution >= 4 is 46.8 Å². The zero-order valence-corrected chi connectivity index (χ0v) is 19.0. The second-order valence-corrected chi connectivity index (χ2v) is 7.80. The number of nitrogens with one attached hydrogen (secondary N) is 1. The molecule has 0 aliphatic carbocycles. The van der Waals surface area contributed by atoms with Gasteiger partial charge in [0.25, 0.3) is 0 Å².